The Balaban J connectivity index is 1.57. The lowest BCUT2D eigenvalue weighted by atomic mass is 9.83. The molecule has 2 heteroatoms. The van der Waals surface area contributed by atoms with Crippen molar-refractivity contribution in [1.29, 1.82) is 0 Å². The zero-order valence-electron chi connectivity index (χ0n) is 15.4. The molecule has 1 aliphatic carbocycles. The van der Waals surface area contributed by atoms with Gasteiger partial charge in [0.1, 0.15) is 0 Å². The Morgan fingerprint density at radius 1 is 0.778 bits per heavy atom. The van der Waals surface area contributed by atoms with E-state index in [0.717, 1.165) is 19.3 Å². The molecular weight excluding hydrogens is 328 g/mol. The third-order valence-corrected chi connectivity index (χ3v) is 5.68. The first-order chi connectivity index (χ1) is 13.3. The zero-order chi connectivity index (χ0) is 18.1. The first-order valence-corrected chi connectivity index (χ1v) is 9.75. The maximum Gasteiger partial charge on any atom is 0.0968 e. The Kier molecular flexibility index (Phi) is 4.06. The van der Waals surface area contributed by atoms with Crippen molar-refractivity contribution in [3.8, 4) is 0 Å². The minimum atomic E-state index is -0.204. The highest BCUT2D eigenvalue weighted by atomic mass is 15.2. The van der Waals surface area contributed by atoms with Crippen molar-refractivity contribution in [2.75, 3.05) is 5.32 Å². The van der Waals surface area contributed by atoms with Crippen molar-refractivity contribution in [2.24, 2.45) is 0 Å². The van der Waals surface area contributed by atoms with E-state index in [4.69, 9.17) is 0 Å². The van der Waals surface area contributed by atoms with Crippen LogP contribution in [0.15, 0.2) is 84.9 Å². The van der Waals surface area contributed by atoms with Gasteiger partial charge in [0, 0.05) is 24.6 Å². The third kappa shape index (κ3) is 3.17. The fourth-order valence-electron chi connectivity index (χ4n) is 4.58. The van der Waals surface area contributed by atoms with Gasteiger partial charge in [-0.2, -0.15) is 0 Å². The normalized spacial score (nSPS) is 19.2. The average molecular weight is 352 g/mol. The quantitative estimate of drug-likeness (QED) is 0.662. The Hall–Kier alpha value is -2.84. The van der Waals surface area contributed by atoms with E-state index in [1.54, 1.807) is 0 Å². The summed E-state index contributed by atoms with van der Waals surface area (Å²) in [6.45, 7) is 0. The second kappa shape index (κ2) is 6.71. The highest BCUT2D eigenvalue weighted by Gasteiger charge is 2.39. The monoisotopic (exact) mass is 352 g/mol. The minimum Gasteiger partial charge on any atom is -0.366 e. The molecule has 0 saturated heterocycles. The smallest absolute Gasteiger partial charge is 0.0968 e. The molecular formula is C25H24N2. The van der Waals surface area contributed by atoms with Crippen LogP contribution in [0.1, 0.15) is 34.7 Å². The lowest BCUT2D eigenvalue weighted by molar-refractivity contribution is 0.301. The number of anilines is 1. The summed E-state index contributed by atoms with van der Waals surface area (Å²) in [5.74, 6) is 0. The highest BCUT2D eigenvalue weighted by molar-refractivity contribution is 5.70. The molecule has 27 heavy (non-hydrogen) atoms. The van der Waals surface area contributed by atoms with E-state index in [1.165, 1.54) is 27.9 Å². The van der Waals surface area contributed by atoms with Crippen LogP contribution in [-0.2, 0) is 12.8 Å². The zero-order valence-corrected chi connectivity index (χ0v) is 15.4. The van der Waals surface area contributed by atoms with E-state index in [0.29, 0.717) is 6.04 Å². The van der Waals surface area contributed by atoms with Gasteiger partial charge in [0.2, 0.25) is 0 Å². The summed E-state index contributed by atoms with van der Waals surface area (Å²) in [6, 6.07) is 28.6. The first kappa shape index (κ1) is 16.3. The molecule has 0 aromatic heterocycles. The van der Waals surface area contributed by atoms with Gasteiger partial charge in [0.15, 0.2) is 0 Å². The van der Waals surface area contributed by atoms with E-state index < -0.39 is 0 Å². The third-order valence-electron chi connectivity index (χ3n) is 5.68. The summed E-state index contributed by atoms with van der Waals surface area (Å²) in [7, 11) is 0. The van der Waals surface area contributed by atoms with Gasteiger partial charge in [-0.1, -0.05) is 84.9 Å². The second-order valence-corrected chi connectivity index (χ2v) is 7.68. The van der Waals surface area contributed by atoms with Crippen LogP contribution in [-0.4, -0.2) is 5.66 Å². The molecule has 2 nitrogen and oxygen atoms in total. The van der Waals surface area contributed by atoms with Crippen LogP contribution < -0.4 is 10.6 Å². The molecule has 0 amide bonds. The topological polar surface area (TPSA) is 24.1 Å². The largest absolute Gasteiger partial charge is 0.366 e. The van der Waals surface area contributed by atoms with Gasteiger partial charge >= 0.3 is 0 Å². The van der Waals surface area contributed by atoms with Crippen LogP contribution in [0.25, 0.3) is 6.08 Å². The van der Waals surface area contributed by atoms with Crippen LogP contribution in [0, 0.1) is 0 Å². The molecule has 0 bridgehead atoms. The van der Waals surface area contributed by atoms with E-state index in [9.17, 15) is 0 Å². The van der Waals surface area contributed by atoms with E-state index in [2.05, 4.69) is 102 Å². The van der Waals surface area contributed by atoms with Crippen molar-refractivity contribution in [3.05, 3.63) is 107 Å². The molecule has 1 aliphatic heterocycles. The molecule has 0 fully saturated rings. The fourth-order valence-corrected chi connectivity index (χ4v) is 4.58. The average Bonchev–Trinajstić information content (AvgIpc) is 2.70. The molecule has 0 radical (unpaired) electrons. The summed E-state index contributed by atoms with van der Waals surface area (Å²) >= 11 is 0. The number of nitrogens with one attached hydrogen (secondary N) is 2. The van der Waals surface area contributed by atoms with Crippen LogP contribution in [0.3, 0.4) is 0 Å². The first-order valence-electron chi connectivity index (χ1n) is 9.75. The van der Waals surface area contributed by atoms with Crippen molar-refractivity contribution in [1.82, 2.24) is 5.32 Å². The summed E-state index contributed by atoms with van der Waals surface area (Å²) in [4.78, 5) is 0. The lowest BCUT2D eigenvalue weighted by Crippen LogP contribution is -2.59. The summed E-state index contributed by atoms with van der Waals surface area (Å²) in [6.07, 6.45) is 7.46. The summed E-state index contributed by atoms with van der Waals surface area (Å²) < 4.78 is 0. The van der Waals surface area contributed by atoms with Gasteiger partial charge in [-0.3, -0.25) is 5.32 Å². The van der Waals surface area contributed by atoms with Crippen molar-refractivity contribution in [3.63, 3.8) is 0 Å². The van der Waals surface area contributed by atoms with Crippen LogP contribution in [0.2, 0.25) is 0 Å². The number of hydrogen-bond acceptors (Lipinski definition) is 2. The Morgan fingerprint density at radius 2 is 1.44 bits per heavy atom. The van der Waals surface area contributed by atoms with Gasteiger partial charge in [-0.15, -0.1) is 0 Å². The maximum absolute atomic E-state index is 4.00. The molecule has 0 spiro atoms. The number of hydrogen-bond donors (Lipinski definition) is 2. The molecule has 2 aliphatic rings. The molecule has 1 atom stereocenters. The van der Waals surface area contributed by atoms with E-state index in [-0.39, 0.29) is 5.66 Å². The van der Waals surface area contributed by atoms with Crippen molar-refractivity contribution >= 4 is 11.8 Å². The van der Waals surface area contributed by atoms with Crippen LogP contribution >= 0.6 is 0 Å². The highest BCUT2D eigenvalue weighted by Crippen LogP contribution is 2.41. The molecule has 5 rings (SSSR count). The SMILES string of the molecule is C1=Cc2cccc3c2C(C1)NC(Cc1ccccc1)(Cc1ccccc1)N3. The Bertz CT molecular complexity index is 919. The standard InChI is InChI=1S/C25H24N2/c1-3-9-19(10-4-1)17-25(18-20-11-5-2-6-12-20)26-22-15-7-13-21-14-8-16-23(27-25)24(21)22/h1-15,23,26-27H,16-18H2. The Labute approximate surface area is 160 Å². The molecule has 3 aromatic carbocycles. The van der Waals surface area contributed by atoms with Gasteiger partial charge in [0.05, 0.1) is 5.66 Å². The number of benzene rings is 3. The molecule has 2 N–H and O–H groups in total. The van der Waals surface area contributed by atoms with Crippen molar-refractivity contribution < 1.29 is 0 Å². The second-order valence-electron chi connectivity index (χ2n) is 7.68. The molecule has 1 unspecified atom stereocenters. The maximum atomic E-state index is 4.00. The summed E-state index contributed by atoms with van der Waals surface area (Å²) in [5.41, 5.74) is 6.50. The lowest BCUT2D eigenvalue weighted by Gasteiger charge is -2.46. The van der Waals surface area contributed by atoms with Gasteiger partial charge in [-0.25, -0.2) is 0 Å². The molecule has 0 saturated carbocycles. The number of rotatable bonds is 4. The van der Waals surface area contributed by atoms with Crippen LogP contribution in [0.5, 0.6) is 0 Å². The predicted molar refractivity (Wildman–Crippen MR) is 113 cm³/mol. The molecule has 1 heterocycles. The predicted octanol–water partition coefficient (Wildman–Crippen LogP) is 5.34. The van der Waals surface area contributed by atoms with Gasteiger partial charge in [-0.05, 0) is 34.7 Å². The molecule has 3 aromatic rings. The van der Waals surface area contributed by atoms with E-state index in [1.807, 2.05) is 0 Å². The van der Waals surface area contributed by atoms with E-state index >= 15 is 0 Å². The minimum absolute atomic E-state index is 0.204. The van der Waals surface area contributed by atoms with Crippen molar-refractivity contribution in [2.45, 2.75) is 31.0 Å². The van der Waals surface area contributed by atoms with Crippen LogP contribution in [0.4, 0.5) is 5.69 Å². The summed E-state index contributed by atoms with van der Waals surface area (Å²) in [5, 5.41) is 7.90. The fraction of sp³-hybridized carbons (Fsp3) is 0.200. The van der Waals surface area contributed by atoms with Gasteiger partial charge < -0.3 is 5.32 Å². The Morgan fingerprint density at radius 3 is 2.11 bits per heavy atom. The molecule has 134 valence electrons. The van der Waals surface area contributed by atoms with Gasteiger partial charge in [0.25, 0.3) is 0 Å².